The first-order valence-corrected chi connectivity index (χ1v) is 9.89. The molecule has 0 fully saturated rings. The van der Waals surface area contributed by atoms with Crippen molar-refractivity contribution in [2.45, 2.75) is 5.41 Å². The summed E-state index contributed by atoms with van der Waals surface area (Å²) in [7, 11) is -1.47. The van der Waals surface area contributed by atoms with E-state index < -0.39 is 7.12 Å². The van der Waals surface area contributed by atoms with Crippen LogP contribution in [0.2, 0.25) is 0 Å². The van der Waals surface area contributed by atoms with E-state index >= 15 is 0 Å². The average molecular weight is 366 g/mol. The molecule has 1 aromatic heterocycles. The molecule has 27 heavy (non-hydrogen) atoms. The Hall–Kier alpha value is -2.66. The topological polar surface area (TPSA) is 40.5 Å². The number of fused-ring (bicyclic) bond motifs is 10. The van der Waals surface area contributed by atoms with Crippen LogP contribution in [0.4, 0.5) is 0 Å². The van der Waals surface area contributed by atoms with Gasteiger partial charge in [-0.05, 0) is 55.9 Å². The third-order valence-electron chi connectivity index (χ3n) is 6.01. The molecular formula is C23H15BO2S. The molecule has 0 saturated carbocycles. The van der Waals surface area contributed by atoms with Gasteiger partial charge in [-0.1, -0.05) is 66.7 Å². The zero-order valence-corrected chi connectivity index (χ0v) is 15.2. The summed E-state index contributed by atoms with van der Waals surface area (Å²) in [6, 6.07) is 25.3. The van der Waals surface area contributed by atoms with Gasteiger partial charge in [0.25, 0.3) is 0 Å². The SMILES string of the molecule is OB(O)c1ccc2c(c1)C1(c3ccccc3-c3ccccc31)c1ccsc1-2. The lowest BCUT2D eigenvalue weighted by Crippen LogP contribution is -2.32. The van der Waals surface area contributed by atoms with Gasteiger partial charge < -0.3 is 10.0 Å². The molecule has 4 heteroatoms. The monoisotopic (exact) mass is 366 g/mol. The number of benzene rings is 3. The molecule has 0 atom stereocenters. The fourth-order valence-electron chi connectivity index (χ4n) is 5.00. The van der Waals surface area contributed by atoms with Crippen LogP contribution in [0.5, 0.6) is 0 Å². The minimum Gasteiger partial charge on any atom is -0.423 e. The van der Waals surface area contributed by atoms with E-state index in [0.717, 1.165) is 5.56 Å². The molecule has 2 aliphatic rings. The standard InChI is InChI=1S/C23H15BO2S/c25-24(26)14-9-10-17-21(13-14)23(20-11-12-27-22(17)20)18-7-3-1-5-15(18)16-6-2-4-8-19(16)23/h1-13,25-26H. The van der Waals surface area contributed by atoms with E-state index in [-0.39, 0.29) is 5.41 Å². The van der Waals surface area contributed by atoms with Gasteiger partial charge in [-0.25, -0.2) is 0 Å². The highest BCUT2D eigenvalue weighted by molar-refractivity contribution is 7.14. The first-order chi connectivity index (χ1) is 13.2. The Morgan fingerprint density at radius 2 is 1.33 bits per heavy atom. The Morgan fingerprint density at radius 3 is 2.00 bits per heavy atom. The second kappa shape index (κ2) is 5.20. The lowest BCUT2D eigenvalue weighted by molar-refractivity contribution is 0.425. The molecule has 0 bridgehead atoms. The summed E-state index contributed by atoms with van der Waals surface area (Å²) in [6.07, 6.45) is 0. The van der Waals surface area contributed by atoms with Gasteiger partial charge in [0.2, 0.25) is 0 Å². The van der Waals surface area contributed by atoms with Crippen LogP contribution < -0.4 is 5.46 Å². The first-order valence-electron chi connectivity index (χ1n) is 9.01. The second-order valence-corrected chi connectivity index (χ2v) is 8.10. The highest BCUT2D eigenvalue weighted by Crippen LogP contribution is 2.63. The number of hydrogen-bond acceptors (Lipinski definition) is 3. The van der Waals surface area contributed by atoms with Gasteiger partial charge in [-0.2, -0.15) is 0 Å². The van der Waals surface area contributed by atoms with Crippen molar-refractivity contribution in [3.63, 3.8) is 0 Å². The number of hydrogen-bond donors (Lipinski definition) is 2. The largest absolute Gasteiger partial charge is 0.488 e. The maximum absolute atomic E-state index is 9.80. The molecule has 2 aliphatic carbocycles. The lowest BCUT2D eigenvalue weighted by atomic mass is 9.69. The van der Waals surface area contributed by atoms with E-state index in [1.807, 2.05) is 18.2 Å². The molecule has 6 rings (SSSR count). The summed E-state index contributed by atoms with van der Waals surface area (Å²) < 4.78 is 0. The minimum absolute atomic E-state index is 0.386. The second-order valence-electron chi connectivity index (χ2n) is 7.18. The van der Waals surface area contributed by atoms with Gasteiger partial charge in [0.05, 0.1) is 5.41 Å². The maximum Gasteiger partial charge on any atom is 0.488 e. The molecule has 0 radical (unpaired) electrons. The molecule has 2 nitrogen and oxygen atoms in total. The molecular weight excluding hydrogens is 351 g/mol. The Balaban J connectivity index is 1.82. The maximum atomic E-state index is 9.80. The number of rotatable bonds is 1. The van der Waals surface area contributed by atoms with E-state index in [0.29, 0.717) is 5.46 Å². The predicted octanol–water partition coefficient (Wildman–Crippen LogP) is 3.77. The Labute approximate surface area is 161 Å². The van der Waals surface area contributed by atoms with Crippen LogP contribution in [0.25, 0.3) is 21.6 Å². The van der Waals surface area contributed by atoms with Crippen LogP contribution >= 0.6 is 11.3 Å². The molecule has 128 valence electrons. The minimum atomic E-state index is -1.47. The fourth-order valence-corrected chi connectivity index (χ4v) is 6.00. The average Bonchev–Trinajstić information content (AvgIpc) is 3.36. The van der Waals surface area contributed by atoms with Gasteiger partial charge in [-0.3, -0.25) is 0 Å². The van der Waals surface area contributed by atoms with Gasteiger partial charge in [0.15, 0.2) is 0 Å². The van der Waals surface area contributed by atoms with Crippen molar-refractivity contribution in [2.24, 2.45) is 0 Å². The summed E-state index contributed by atoms with van der Waals surface area (Å²) in [6.45, 7) is 0. The first kappa shape index (κ1) is 15.4. The van der Waals surface area contributed by atoms with Crippen molar-refractivity contribution in [1.29, 1.82) is 0 Å². The summed E-state index contributed by atoms with van der Waals surface area (Å²) in [5.74, 6) is 0. The van der Waals surface area contributed by atoms with Crippen molar-refractivity contribution >= 4 is 23.9 Å². The van der Waals surface area contributed by atoms with Gasteiger partial charge in [0, 0.05) is 4.88 Å². The van der Waals surface area contributed by atoms with Crippen LogP contribution in [-0.2, 0) is 5.41 Å². The molecule has 1 heterocycles. The fraction of sp³-hybridized carbons (Fsp3) is 0.0435. The van der Waals surface area contributed by atoms with Crippen LogP contribution in [0.15, 0.2) is 78.2 Å². The summed E-state index contributed by atoms with van der Waals surface area (Å²) in [4.78, 5) is 1.27. The highest BCUT2D eigenvalue weighted by Gasteiger charge is 2.52. The third-order valence-corrected chi connectivity index (χ3v) is 6.96. The normalized spacial score (nSPS) is 14.6. The zero-order chi connectivity index (χ0) is 18.2. The van der Waals surface area contributed by atoms with E-state index in [1.165, 1.54) is 38.3 Å². The zero-order valence-electron chi connectivity index (χ0n) is 14.4. The summed E-state index contributed by atoms with van der Waals surface area (Å²) in [5.41, 5.74) is 8.84. The van der Waals surface area contributed by atoms with Crippen molar-refractivity contribution < 1.29 is 10.0 Å². The van der Waals surface area contributed by atoms with Crippen LogP contribution in [0.3, 0.4) is 0 Å². The highest BCUT2D eigenvalue weighted by atomic mass is 32.1. The molecule has 0 saturated heterocycles. The predicted molar refractivity (Wildman–Crippen MR) is 110 cm³/mol. The summed E-state index contributed by atoms with van der Waals surface area (Å²) in [5, 5.41) is 21.8. The van der Waals surface area contributed by atoms with Gasteiger partial charge in [0.1, 0.15) is 0 Å². The quantitative estimate of drug-likeness (QED) is 0.435. The molecule has 0 unspecified atom stereocenters. The van der Waals surface area contributed by atoms with Crippen molar-refractivity contribution in [1.82, 2.24) is 0 Å². The summed E-state index contributed by atoms with van der Waals surface area (Å²) >= 11 is 1.75. The molecule has 4 aromatic rings. The van der Waals surface area contributed by atoms with Crippen LogP contribution in [0.1, 0.15) is 22.3 Å². The van der Waals surface area contributed by atoms with Gasteiger partial charge >= 0.3 is 7.12 Å². The number of thiophene rings is 1. The van der Waals surface area contributed by atoms with Gasteiger partial charge in [-0.15, -0.1) is 11.3 Å². The van der Waals surface area contributed by atoms with E-state index in [1.54, 1.807) is 11.3 Å². The lowest BCUT2D eigenvalue weighted by Gasteiger charge is -2.30. The van der Waals surface area contributed by atoms with E-state index in [9.17, 15) is 10.0 Å². The Morgan fingerprint density at radius 1 is 0.667 bits per heavy atom. The van der Waals surface area contributed by atoms with Crippen LogP contribution in [0, 0.1) is 0 Å². The third kappa shape index (κ3) is 1.73. The van der Waals surface area contributed by atoms with Crippen molar-refractivity contribution in [3.8, 4) is 21.6 Å². The van der Waals surface area contributed by atoms with Crippen molar-refractivity contribution in [3.05, 3.63) is 100 Å². The Kier molecular flexibility index (Phi) is 2.97. The smallest absolute Gasteiger partial charge is 0.423 e. The van der Waals surface area contributed by atoms with Crippen molar-refractivity contribution in [2.75, 3.05) is 0 Å². The van der Waals surface area contributed by atoms with E-state index in [2.05, 4.69) is 60.0 Å². The van der Waals surface area contributed by atoms with E-state index in [4.69, 9.17) is 0 Å². The Bertz CT molecular complexity index is 1180. The molecule has 0 amide bonds. The molecule has 0 aliphatic heterocycles. The molecule has 2 N–H and O–H groups in total. The van der Waals surface area contributed by atoms with Crippen LogP contribution in [-0.4, -0.2) is 17.2 Å². The molecule has 3 aromatic carbocycles. The molecule has 1 spiro atoms.